The van der Waals surface area contributed by atoms with Crippen LogP contribution in [0.25, 0.3) is 0 Å². The second-order valence-corrected chi connectivity index (χ2v) is 5.84. The fourth-order valence-corrected chi connectivity index (χ4v) is 1.84. The molecule has 15 heavy (non-hydrogen) atoms. The van der Waals surface area contributed by atoms with E-state index >= 15 is 0 Å². The maximum absolute atomic E-state index is 10.6. The first-order chi connectivity index (χ1) is 6.85. The van der Waals surface area contributed by atoms with Crippen molar-refractivity contribution in [3.8, 4) is 0 Å². The SMILES string of the molecule is CC(C)CC(C=O)NCCCP(=O)(O)O. The zero-order chi connectivity index (χ0) is 11.9. The Bertz CT molecular complexity index is 226. The van der Waals surface area contributed by atoms with E-state index in [1.807, 2.05) is 13.8 Å². The largest absolute Gasteiger partial charge is 0.325 e. The molecule has 0 aliphatic heterocycles. The van der Waals surface area contributed by atoms with Crippen molar-refractivity contribution in [3.05, 3.63) is 0 Å². The fraction of sp³-hybridized carbons (Fsp3) is 0.889. The van der Waals surface area contributed by atoms with E-state index in [9.17, 15) is 9.36 Å². The zero-order valence-corrected chi connectivity index (χ0v) is 10.1. The van der Waals surface area contributed by atoms with Crippen LogP contribution in [0.3, 0.4) is 0 Å². The van der Waals surface area contributed by atoms with Gasteiger partial charge in [-0.3, -0.25) is 4.57 Å². The Morgan fingerprint density at radius 3 is 2.40 bits per heavy atom. The molecular formula is C9H20NO4P. The minimum absolute atomic E-state index is 0.132. The molecule has 0 bridgehead atoms. The lowest BCUT2D eigenvalue weighted by Crippen LogP contribution is -2.32. The summed E-state index contributed by atoms with van der Waals surface area (Å²) in [6.45, 7) is 4.50. The highest BCUT2D eigenvalue weighted by Gasteiger charge is 2.13. The van der Waals surface area contributed by atoms with Crippen LogP contribution in [-0.2, 0) is 9.36 Å². The van der Waals surface area contributed by atoms with Gasteiger partial charge in [0.25, 0.3) is 0 Å². The molecule has 0 aromatic rings. The Kier molecular flexibility index (Phi) is 7.02. The summed E-state index contributed by atoms with van der Waals surface area (Å²) < 4.78 is 10.5. The van der Waals surface area contributed by atoms with Crippen LogP contribution in [-0.4, -0.2) is 34.8 Å². The third kappa shape index (κ3) is 10.1. The van der Waals surface area contributed by atoms with E-state index in [-0.39, 0.29) is 12.2 Å². The van der Waals surface area contributed by atoms with Gasteiger partial charge in [-0.2, -0.15) is 0 Å². The maximum Gasteiger partial charge on any atom is 0.325 e. The fourth-order valence-electron chi connectivity index (χ4n) is 1.27. The average Bonchev–Trinajstić information content (AvgIpc) is 2.08. The van der Waals surface area contributed by atoms with Crippen LogP contribution >= 0.6 is 7.60 Å². The summed E-state index contributed by atoms with van der Waals surface area (Å²) in [4.78, 5) is 27.8. The normalized spacial score (nSPS) is 14.2. The van der Waals surface area contributed by atoms with Crippen molar-refractivity contribution in [1.82, 2.24) is 5.32 Å². The smallest absolute Gasteiger partial charge is 0.324 e. The first-order valence-corrected chi connectivity index (χ1v) is 6.88. The molecule has 0 radical (unpaired) electrons. The highest BCUT2D eigenvalue weighted by Crippen LogP contribution is 2.34. The number of nitrogens with one attached hydrogen (secondary N) is 1. The predicted octanol–water partition coefficient (Wildman–Crippen LogP) is 0.757. The van der Waals surface area contributed by atoms with Gasteiger partial charge in [0.2, 0.25) is 0 Å². The van der Waals surface area contributed by atoms with E-state index in [1.165, 1.54) is 0 Å². The van der Waals surface area contributed by atoms with E-state index in [0.29, 0.717) is 18.9 Å². The molecule has 0 aromatic carbocycles. The van der Waals surface area contributed by atoms with Crippen molar-refractivity contribution < 1.29 is 19.1 Å². The predicted molar refractivity (Wildman–Crippen MR) is 58.8 cm³/mol. The Hall–Kier alpha value is -0.220. The quantitative estimate of drug-likeness (QED) is 0.329. The molecule has 0 fully saturated rings. The van der Waals surface area contributed by atoms with E-state index in [1.54, 1.807) is 0 Å². The van der Waals surface area contributed by atoms with Gasteiger partial charge in [0, 0.05) is 0 Å². The Labute approximate surface area is 90.4 Å². The molecule has 90 valence electrons. The van der Waals surface area contributed by atoms with Gasteiger partial charge in [-0.05, 0) is 25.3 Å². The van der Waals surface area contributed by atoms with Crippen molar-refractivity contribution in [2.75, 3.05) is 12.7 Å². The van der Waals surface area contributed by atoms with Crippen LogP contribution in [0.4, 0.5) is 0 Å². The molecule has 5 nitrogen and oxygen atoms in total. The second kappa shape index (κ2) is 7.12. The molecule has 6 heteroatoms. The Morgan fingerprint density at radius 1 is 1.40 bits per heavy atom. The van der Waals surface area contributed by atoms with Crippen LogP contribution < -0.4 is 5.32 Å². The van der Waals surface area contributed by atoms with Crippen LogP contribution in [0.2, 0.25) is 0 Å². The molecule has 0 aliphatic carbocycles. The maximum atomic E-state index is 10.6. The standard InChI is InChI=1S/C9H20NO4P/c1-8(2)6-9(7-11)10-4-3-5-15(12,13)14/h7-10H,3-6H2,1-2H3,(H2,12,13,14). The molecule has 0 rings (SSSR count). The van der Waals surface area contributed by atoms with E-state index in [2.05, 4.69) is 5.32 Å². The van der Waals surface area contributed by atoms with Crippen LogP contribution in [0.1, 0.15) is 26.7 Å². The van der Waals surface area contributed by atoms with E-state index < -0.39 is 7.60 Å². The summed E-state index contributed by atoms with van der Waals surface area (Å²) in [5, 5.41) is 2.96. The van der Waals surface area contributed by atoms with Crippen molar-refractivity contribution >= 4 is 13.9 Å². The lowest BCUT2D eigenvalue weighted by molar-refractivity contribution is -0.109. The topological polar surface area (TPSA) is 86.6 Å². The summed E-state index contributed by atoms with van der Waals surface area (Å²) in [5.41, 5.74) is 0. The molecule has 1 atom stereocenters. The lowest BCUT2D eigenvalue weighted by Gasteiger charge is -2.14. The molecule has 0 amide bonds. The van der Waals surface area contributed by atoms with Gasteiger partial charge in [0.15, 0.2) is 0 Å². The van der Waals surface area contributed by atoms with Crippen molar-refractivity contribution in [2.24, 2.45) is 5.92 Å². The van der Waals surface area contributed by atoms with Gasteiger partial charge in [-0.25, -0.2) is 0 Å². The molecule has 1 unspecified atom stereocenters. The van der Waals surface area contributed by atoms with Gasteiger partial charge in [0.1, 0.15) is 6.29 Å². The number of aldehydes is 1. The molecule has 0 heterocycles. The summed E-state index contributed by atoms with van der Waals surface area (Å²) >= 11 is 0. The number of hydrogen-bond donors (Lipinski definition) is 3. The number of carbonyl (C=O) groups excluding carboxylic acids is 1. The van der Waals surface area contributed by atoms with Crippen LogP contribution in [0.5, 0.6) is 0 Å². The summed E-state index contributed by atoms with van der Waals surface area (Å²) in [6, 6.07) is -0.207. The number of rotatable bonds is 8. The summed E-state index contributed by atoms with van der Waals surface area (Å²) in [7, 11) is -3.89. The Balaban J connectivity index is 3.64. The third-order valence-electron chi connectivity index (χ3n) is 1.92. The summed E-state index contributed by atoms with van der Waals surface area (Å²) in [6.07, 6.45) is 1.84. The van der Waals surface area contributed by atoms with Gasteiger partial charge in [0.05, 0.1) is 12.2 Å². The van der Waals surface area contributed by atoms with Crippen molar-refractivity contribution in [2.45, 2.75) is 32.7 Å². The zero-order valence-electron chi connectivity index (χ0n) is 9.22. The second-order valence-electron chi connectivity index (χ2n) is 4.07. The van der Waals surface area contributed by atoms with Gasteiger partial charge in [-0.1, -0.05) is 13.8 Å². The molecular weight excluding hydrogens is 217 g/mol. The van der Waals surface area contributed by atoms with E-state index in [0.717, 1.165) is 12.7 Å². The lowest BCUT2D eigenvalue weighted by atomic mass is 10.1. The highest BCUT2D eigenvalue weighted by molar-refractivity contribution is 7.51. The molecule has 0 saturated heterocycles. The van der Waals surface area contributed by atoms with Crippen molar-refractivity contribution in [3.63, 3.8) is 0 Å². The number of hydrogen-bond acceptors (Lipinski definition) is 3. The first-order valence-electron chi connectivity index (χ1n) is 5.08. The molecule has 0 aliphatic rings. The Morgan fingerprint density at radius 2 is 2.00 bits per heavy atom. The number of carbonyl (C=O) groups is 1. The van der Waals surface area contributed by atoms with Gasteiger partial charge in [-0.15, -0.1) is 0 Å². The van der Waals surface area contributed by atoms with E-state index in [4.69, 9.17) is 9.79 Å². The highest BCUT2D eigenvalue weighted by atomic mass is 31.2. The van der Waals surface area contributed by atoms with Crippen LogP contribution in [0.15, 0.2) is 0 Å². The monoisotopic (exact) mass is 237 g/mol. The van der Waals surface area contributed by atoms with Crippen molar-refractivity contribution in [1.29, 1.82) is 0 Å². The molecule has 3 N–H and O–H groups in total. The van der Waals surface area contributed by atoms with Crippen LogP contribution in [0, 0.1) is 5.92 Å². The minimum atomic E-state index is -3.89. The molecule has 0 saturated carbocycles. The third-order valence-corrected chi connectivity index (χ3v) is 2.82. The van der Waals surface area contributed by atoms with Gasteiger partial charge < -0.3 is 19.9 Å². The first kappa shape index (κ1) is 14.8. The molecule has 0 aromatic heterocycles. The average molecular weight is 237 g/mol. The minimum Gasteiger partial charge on any atom is -0.324 e. The molecule has 0 spiro atoms. The van der Waals surface area contributed by atoms with Gasteiger partial charge >= 0.3 is 7.60 Å². The summed E-state index contributed by atoms with van der Waals surface area (Å²) in [5.74, 6) is 0.425.